The lowest BCUT2D eigenvalue weighted by atomic mass is 10.2. The Hall–Kier alpha value is -1.88. The van der Waals surface area contributed by atoms with Crippen molar-refractivity contribution < 1.29 is 4.74 Å². The van der Waals surface area contributed by atoms with Gasteiger partial charge in [0.15, 0.2) is 0 Å². The van der Waals surface area contributed by atoms with Crippen LogP contribution in [0.3, 0.4) is 0 Å². The Bertz CT molecular complexity index is 548. The number of ether oxygens (including phenoxy) is 1. The number of rotatable bonds is 6. The van der Waals surface area contributed by atoms with E-state index in [9.17, 15) is 0 Å². The highest BCUT2D eigenvalue weighted by Crippen LogP contribution is 2.19. The summed E-state index contributed by atoms with van der Waals surface area (Å²) in [6.45, 7) is 1.58. The number of methoxy groups -OCH3 is 1. The minimum absolute atomic E-state index is 0.675. The molecule has 0 aromatic carbocycles. The number of aromatic nitrogens is 3. The van der Waals surface area contributed by atoms with Gasteiger partial charge in [0.25, 0.3) is 0 Å². The van der Waals surface area contributed by atoms with E-state index in [1.165, 1.54) is 12.8 Å². The first-order valence-electron chi connectivity index (χ1n) is 6.57. The van der Waals surface area contributed by atoms with Crippen molar-refractivity contribution in [3.05, 3.63) is 42.1 Å². The molecule has 0 saturated heterocycles. The Morgan fingerprint density at radius 3 is 3.11 bits per heavy atom. The highest BCUT2D eigenvalue weighted by atomic mass is 16.5. The second kappa shape index (κ2) is 5.40. The van der Waals surface area contributed by atoms with Gasteiger partial charge in [0, 0.05) is 30.5 Å². The molecule has 0 radical (unpaired) electrons. The summed E-state index contributed by atoms with van der Waals surface area (Å²) in [5.74, 6) is 0.675. The van der Waals surface area contributed by atoms with E-state index in [2.05, 4.69) is 26.0 Å². The van der Waals surface area contributed by atoms with Crippen LogP contribution in [0.5, 0.6) is 5.88 Å². The Kier molecular flexibility index (Phi) is 3.46. The number of hydrogen-bond acceptors (Lipinski definition) is 4. The largest absolute Gasteiger partial charge is 0.481 e. The van der Waals surface area contributed by atoms with E-state index in [4.69, 9.17) is 4.74 Å². The number of hydrogen-bond donors (Lipinski definition) is 1. The summed E-state index contributed by atoms with van der Waals surface area (Å²) < 4.78 is 7.31. The Morgan fingerprint density at radius 1 is 1.42 bits per heavy atom. The Balaban J connectivity index is 1.65. The zero-order chi connectivity index (χ0) is 13.1. The summed E-state index contributed by atoms with van der Waals surface area (Å²) >= 11 is 0. The average Bonchev–Trinajstić information content (AvgIpc) is 3.17. The maximum atomic E-state index is 5.25. The van der Waals surface area contributed by atoms with Gasteiger partial charge in [-0.3, -0.25) is 0 Å². The molecule has 1 fully saturated rings. The molecule has 0 aliphatic heterocycles. The van der Waals surface area contributed by atoms with Crippen LogP contribution in [0.1, 0.15) is 24.1 Å². The topological polar surface area (TPSA) is 52.0 Å². The van der Waals surface area contributed by atoms with Crippen molar-refractivity contribution in [3.63, 3.8) is 0 Å². The van der Waals surface area contributed by atoms with Crippen molar-refractivity contribution in [2.75, 3.05) is 7.11 Å². The van der Waals surface area contributed by atoms with E-state index in [-0.39, 0.29) is 0 Å². The molecule has 0 bridgehead atoms. The third-order valence-corrected chi connectivity index (χ3v) is 3.23. The SMILES string of the molecule is COc1ncccc1Cn1cnc(CNC2CC2)c1. The summed E-state index contributed by atoms with van der Waals surface area (Å²) in [5.41, 5.74) is 2.14. The average molecular weight is 258 g/mol. The molecule has 1 N–H and O–H groups in total. The molecule has 1 saturated carbocycles. The number of imidazole rings is 1. The molecule has 0 amide bonds. The van der Waals surface area contributed by atoms with Crippen molar-refractivity contribution in [1.29, 1.82) is 0 Å². The van der Waals surface area contributed by atoms with Crippen molar-refractivity contribution >= 4 is 0 Å². The molecule has 1 aliphatic carbocycles. The molecular formula is C14H18N4O. The highest BCUT2D eigenvalue weighted by Gasteiger charge is 2.20. The fourth-order valence-corrected chi connectivity index (χ4v) is 2.05. The van der Waals surface area contributed by atoms with Crippen LogP contribution >= 0.6 is 0 Å². The van der Waals surface area contributed by atoms with Crippen molar-refractivity contribution in [2.24, 2.45) is 0 Å². The number of nitrogens with zero attached hydrogens (tertiary/aromatic N) is 3. The van der Waals surface area contributed by atoms with Crippen LogP contribution in [-0.2, 0) is 13.1 Å². The summed E-state index contributed by atoms with van der Waals surface area (Å²) in [6.07, 6.45) is 8.26. The molecule has 5 heteroatoms. The minimum atomic E-state index is 0.675. The van der Waals surface area contributed by atoms with E-state index in [1.54, 1.807) is 13.3 Å². The molecule has 2 heterocycles. The second-order valence-corrected chi connectivity index (χ2v) is 4.86. The second-order valence-electron chi connectivity index (χ2n) is 4.86. The molecule has 0 atom stereocenters. The fourth-order valence-electron chi connectivity index (χ4n) is 2.05. The summed E-state index contributed by atoms with van der Waals surface area (Å²) in [4.78, 5) is 8.61. The van der Waals surface area contributed by atoms with Crippen LogP contribution in [0.4, 0.5) is 0 Å². The summed E-state index contributed by atoms with van der Waals surface area (Å²) in [6, 6.07) is 4.65. The van der Waals surface area contributed by atoms with Gasteiger partial charge in [-0.25, -0.2) is 9.97 Å². The Labute approximate surface area is 112 Å². The zero-order valence-corrected chi connectivity index (χ0v) is 11.0. The Morgan fingerprint density at radius 2 is 2.32 bits per heavy atom. The minimum Gasteiger partial charge on any atom is -0.481 e. The number of nitrogens with one attached hydrogen (secondary N) is 1. The third kappa shape index (κ3) is 3.12. The molecular weight excluding hydrogens is 240 g/mol. The summed E-state index contributed by atoms with van der Waals surface area (Å²) in [5, 5.41) is 3.46. The van der Waals surface area contributed by atoms with Gasteiger partial charge in [-0.1, -0.05) is 6.07 Å². The fraction of sp³-hybridized carbons (Fsp3) is 0.429. The van der Waals surface area contributed by atoms with E-state index < -0.39 is 0 Å². The van der Waals surface area contributed by atoms with Crippen LogP contribution < -0.4 is 10.1 Å². The summed E-state index contributed by atoms with van der Waals surface area (Å²) in [7, 11) is 1.64. The molecule has 0 unspecified atom stereocenters. The van der Waals surface area contributed by atoms with Gasteiger partial charge in [0.05, 0.1) is 25.7 Å². The lowest BCUT2D eigenvalue weighted by molar-refractivity contribution is 0.391. The lowest BCUT2D eigenvalue weighted by Gasteiger charge is -2.07. The van der Waals surface area contributed by atoms with Gasteiger partial charge in [-0.2, -0.15) is 0 Å². The van der Waals surface area contributed by atoms with Crippen LogP contribution in [0.2, 0.25) is 0 Å². The predicted molar refractivity (Wildman–Crippen MR) is 72.0 cm³/mol. The lowest BCUT2D eigenvalue weighted by Crippen LogP contribution is -2.15. The standard InChI is InChI=1S/C14H18N4O/c1-19-14-11(3-2-6-15-14)8-18-9-13(17-10-18)7-16-12-4-5-12/h2-3,6,9-10,12,16H,4-5,7-8H2,1H3. The van der Waals surface area contributed by atoms with Crippen LogP contribution in [0.25, 0.3) is 0 Å². The first-order valence-corrected chi connectivity index (χ1v) is 6.57. The van der Waals surface area contributed by atoms with Gasteiger partial charge in [-0.15, -0.1) is 0 Å². The van der Waals surface area contributed by atoms with Crippen LogP contribution in [0, 0.1) is 0 Å². The molecule has 5 nitrogen and oxygen atoms in total. The molecule has 0 spiro atoms. The van der Waals surface area contributed by atoms with Gasteiger partial charge in [0.1, 0.15) is 0 Å². The smallest absolute Gasteiger partial charge is 0.218 e. The van der Waals surface area contributed by atoms with Gasteiger partial charge >= 0.3 is 0 Å². The van der Waals surface area contributed by atoms with Crippen molar-refractivity contribution in [2.45, 2.75) is 32.0 Å². The monoisotopic (exact) mass is 258 g/mol. The van der Waals surface area contributed by atoms with E-state index in [0.717, 1.165) is 24.3 Å². The van der Waals surface area contributed by atoms with E-state index in [0.29, 0.717) is 11.9 Å². The predicted octanol–water partition coefficient (Wildman–Crippen LogP) is 1.59. The third-order valence-electron chi connectivity index (χ3n) is 3.23. The molecule has 3 rings (SSSR count). The van der Waals surface area contributed by atoms with E-state index in [1.807, 2.05) is 18.5 Å². The van der Waals surface area contributed by atoms with Gasteiger partial charge in [0.2, 0.25) is 5.88 Å². The van der Waals surface area contributed by atoms with Crippen molar-refractivity contribution in [1.82, 2.24) is 19.9 Å². The number of pyridine rings is 1. The first kappa shape index (κ1) is 12.2. The molecule has 1 aliphatic rings. The molecule has 19 heavy (non-hydrogen) atoms. The molecule has 2 aromatic rings. The zero-order valence-electron chi connectivity index (χ0n) is 11.0. The highest BCUT2D eigenvalue weighted by molar-refractivity contribution is 5.25. The molecule has 2 aromatic heterocycles. The van der Waals surface area contributed by atoms with Gasteiger partial charge in [-0.05, 0) is 18.9 Å². The maximum absolute atomic E-state index is 5.25. The van der Waals surface area contributed by atoms with Gasteiger partial charge < -0.3 is 14.6 Å². The quantitative estimate of drug-likeness (QED) is 0.855. The maximum Gasteiger partial charge on any atom is 0.218 e. The van der Waals surface area contributed by atoms with Crippen LogP contribution in [0.15, 0.2) is 30.9 Å². The first-order chi connectivity index (χ1) is 9.35. The molecule has 100 valence electrons. The van der Waals surface area contributed by atoms with Crippen LogP contribution in [-0.4, -0.2) is 27.7 Å². The van der Waals surface area contributed by atoms with Crippen molar-refractivity contribution in [3.8, 4) is 5.88 Å². The normalized spacial score (nSPS) is 14.6. The van der Waals surface area contributed by atoms with E-state index >= 15 is 0 Å².